The molecule has 1 heterocycles. The molecule has 0 nitrogen and oxygen atoms in total. The Morgan fingerprint density at radius 2 is 2.00 bits per heavy atom. The third-order valence-electron chi connectivity index (χ3n) is 1.38. The van der Waals surface area contributed by atoms with Crippen LogP contribution in [0.2, 0.25) is 0 Å². The highest BCUT2D eigenvalue weighted by Crippen LogP contribution is 2.35. The molecular formula is C7H6S4. The van der Waals surface area contributed by atoms with Gasteiger partial charge in [0, 0.05) is 5.75 Å². The zero-order chi connectivity index (χ0) is 8.48. The van der Waals surface area contributed by atoms with Gasteiger partial charge in [-0.05, 0) is 28.6 Å². The van der Waals surface area contributed by atoms with Crippen LogP contribution in [0.25, 0.3) is 0 Å². The Balaban J connectivity index is 2.91. The summed E-state index contributed by atoms with van der Waals surface area (Å²) in [7, 11) is 1.53. The SMILES string of the molecule is C#CC1CS(=S)(=S)SC1C#C. The summed E-state index contributed by atoms with van der Waals surface area (Å²) in [6, 6.07) is 0. The molecule has 0 aliphatic carbocycles. The molecule has 1 rings (SSSR count). The summed E-state index contributed by atoms with van der Waals surface area (Å²) in [6.45, 7) is 0. The van der Waals surface area contributed by atoms with Gasteiger partial charge in [0.1, 0.15) is 0 Å². The second-order valence-corrected chi connectivity index (χ2v) is 11.9. The molecule has 1 fully saturated rings. The van der Waals surface area contributed by atoms with Crippen LogP contribution < -0.4 is 0 Å². The second-order valence-electron chi connectivity index (χ2n) is 2.18. The highest BCUT2D eigenvalue weighted by Gasteiger charge is 2.31. The molecule has 1 aliphatic rings. The van der Waals surface area contributed by atoms with Crippen molar-refractivity contribution in [3.63, 3.8) is 0 Å². The second kappa shape index (κ2) is 3.33. The van der Waals surface area contributed by atoms with Gasteiger partial charge in [-0.15, -0.1) is 18.8 Å². The van der Waals surface area contributed by atoms with Gasteiger partial charge in [-0.3, -0.25) is 0 Å². The quantitative estimate of drug-likeness (QED) is 0.439. The molecule has 0 aromatic carbocycles. The van der Waals surface area contributed by atoms with Crippen molar-refractivity contribution in [1.82, 2.24) is 0 Å². The molecule has 4 heteroatoms. The molecule has 0 radical (unpaired) electrons. The fourth-order valence-electron chi connectivity index (χ4n) is 0.851. The van der Waals surface area contributed by atoms with Crippen LogP contribution in [0.15, 0.2) is 0 Å². The molecule has 0 N–H and O–H groups in total. The molecule has 1 saturated heterocycles. The smallest absolute Gasteiger partial charge is 0.0908 e. The van der Waals surface area contributed by atoms with E-state index >= 15 is 0 Å². The van der Waals surface area contributed by atoms with Gasteiger partial charge in [-0.1, -0.05) is 16.7 Å². The summed E-state index contributed by atoms with van der Waals surface area (Å²) >= 11 is 10.3. The summed E-state index contributed by atoms with van der Waals surface area (Å²) in [4.78, 5) is 0. The Kier molecular flexibility index (Phi) is 2.83. The van der Waals surface area contributed by atoms with Crippen LogP contribution in [-0.2, 0) is 28.6 Å². The first-order valence-corrected chi connectivity index (χ1v) is 7.97. The predicted molar refractivity (Wildman–Crippen MR) is 59.5 cm³/mol. The summed E-state index contributed by atoms with van der Waals surface area (Å²) in [5.74, 6) is 6.14. The molecular weight excluding hydrogens is 212 g/mol. The highest BCUT2D eigenvalue weighted by molar-refractivity contribution is 8.98. The van der Waals surface area contributed by atoms with E-state index in [0.29, 0.717) is 0 Å². The van der Waals surface area contributed by atoms with Crippen molar-refractivity contribution in [1.29, 1.82) is 0 Å². The van der Waals surface area contributed by atoms with E-state index < -0.39 is 6.18 Å². The van der Waals surface area contributed by atoms with Crippen molar-refractivity contribution in [2.45, 2.75) is 5.25 Å². The zero-order valence-electron chi connectivity index (χ0n) is 5.65. The van der Waals surface area contributed by atoms with E-state index in [1.54, 1.807) is 0 Å². The van der Waals surface area contributed by atoms with Crippen molar-refractivity contribution < 1.29 is 0 Å². The van der Waals surface area contributed by atoms with Crippen LogP contribution in [0.3, 0.4) is 0 Å². The first-order valence-electron chi connectivity index (χ1n) is 2.92. The first-order chi connectivity index (χ1) is 5.09. The average molecular weight is 218 g/mol. The van der Waals surface area contributed by atoms with E-state index in [1.807, 2.05) is 0 Å². The van der Waals surface area contributed by atoms with E-state index in [-0.39, 0.29) is 11.2 Å². The topological polar surface area (TPSA) is 0 Å². The van der Waals surface area contributed by atoms with E-state index in [1.165, 1.54) is 10.8 Å². The van der Waals surface area contributed by atoms with Crippen molar-refractivity contribution in [3.05, 3.63) is 0 Å². The Morgan fingerprint density at radius 1 is 1.36 bits per heavy atom. The zero-order valence-corrected chi connectivity index (χ0v) is 8.92. The molecule has 0 saturated carbocycles. The van der Waals surface area contributed by atoms with E-state index in [9.17, 15) is 0 Å². The molecule has 11 heavy (non-hydrogen) atoms. The number of hydrogen-bond acceptors (Lipinski definition) is 3. The normalized spacial score (nSPS) is 34.0. The summed E-state index contributed by atoms with van der Waals surface area (Å²) in [5.41, 5.74) is 0. The van der Waals surface area contributed by atoms with Gasteiger partial charge in [0.15, 0.2) is 0 Å². The van der Waals surface area contributed by atoms with Gasteiger partial charge in [-0.2, -0.15) is 0 Å². The molecule has 0 bridgehead atoms. The van der Waals surface area contributed by atoms with Gasteiger partial charge in [0.2, 0.25) is 0 Å². The molecule has 0 spiro atoms. The molecule has 0 aromatic heterocycles. The minimum atomic E-state index is -1.37. The molecule has 1 aliphatic heterocycles. The van der Waals surface area contributed by atoms with Crippen LogP contribution in [0, 0.1) is 30.6 Å². The van der Waals surface area contributed by atoms with E-state index in [2.05, 4.69) is 11.8 Å². The first kappa shape index (κ1) is 9.35. The molecule has 2 atom stereocenters. The van der Waals surface area contributed by atoms with Crippen LogP contribution in [0.1, 0.15) is 0 Å². The largest absolute Gasteiger partial charge is 0.120 e. The Bertz CT molecular complexity index is 296. The van der Waals surface area contributed by atoms with Crippen molar-refractivity contribution in [3.8, 4) is 24.7 Å². The summed E-state index contributed by atoms with van der Waals surface area (Å²) in [6.07, 6.45) is 9.19. The minimum absolute atomic E-state index is 0.0602. The monoisotopic (exact) mass is 218 g/mol. The lowest BCUT2D eigenvalue weighted by molar-refractivity contribution is 0.834. The van der Waals surface area contributed by atoms with Crippen LogP contribution in [0.4, 0.5) is 0 Å². The van der Waals surface area contributed by atoms with Crippen LogP contribution in [-0.4, -0.2) is 11.0 Å². The summed E-state index contributed by atoms with van der Waals surface area (Å²) < 4.78 is 0. The van der Waals surface area contributed by atoms with E-state index in [0.717, 1.165) is 5.75 Å². The Morgan fingerprint density at radius 3 is 2.36 bits per heavy atom. The minimum Gasteiger partial charge on any atom is -0.120 e. The van der Waals surface area contributed by atoms with Crippen LogP contribution in [0.5, 0.6) is 0 Å². The highest BCUT2D eigenvalue weighted by atomic mass is 33.5. The number of terminal acetylenes is 2. The number of rotatable bonds is 0. The van der Waals surface area contributed by atoms with Crippen molar-refractivity contribution in [2.75, 3.05) is 5.75 Å². The van der Waals surface area contributed by atoms with Gasteiger partial charge in [0.05, 0.1) is 11.2 Å². The van der Waals surface area contributed by atoms with Gasteiger partial charge < -0.3 is 0 Å². The van der Waals surface area contributed by atoms with Crippen LogP contribution >= 0.6 is 10.8 Å². The Hall–Kier alpha value is 0.260. The lowest BCUT2D eigenvalue weighted by Crippen LogP contribution is -2.09. The molecule has 58 valence electrons. The van der Waals surface area contributed by atoms with Gasteiger partial charge >= 0.3 is 0 Å². The van der Waals surface area contributed by atoms with Gasteiger partial charge in [-0.25, -0.2) is 0 Å². The third-order valence-corrected chi connectivity index (χ3v) is 7.25. The van der Waals surface area contributed by atoms with Crippen molar-refractivity contribution >= 4 is 39.3 Å². The fraction of sp³-hybridized carbons (Fsp3) is 0.429. The fourth-order valence-corrected chi connectivity index (χ4v) is 7.06. The van der Waals surface area contributed by atoms with E-state index in [4.69, 9.17) is 35.2 Å². The lowest BCUT2D eigenvalue weighted by Gasteiger charge is -2.01. The van der Waals surface area contributed by atoms with Gasteiger partial charge in [0.25, 0.3) is 0 Å². The number of hydrogen-bond donors (Lipinski definition) is 0. The average Bonchev–Trinajstić information content (AvgIpc) is 2.25. The predicted octanol–water partition coefficient (Wildman–Crippen LogP) is 0.977. The Labute approximate surface area is 80.7 Å². The maximum Gasteiger partial charge on any atom is 0.0908 e. The van der Waals surface area contributed by atoms with Crippen molar-refractivity contribution in [2.24, 2.45) is 5.92 Å². The summed E-state index contributed by atoms with van der Waals surface area (Å²) in [5, 5.41) is 0.0602. The maximum absolute atomic E-state index is 5.28. The maximum atomic E-state index is 5.28. The molecule has 2 unspecified atom stereocenters. The molecule has 0 amide bonds. The molecule has 0 aromatic rings. The third kappa shape index (κ3) is 2.10. The lowest BCUT2D eigenvalue weighted by atomic mass is 10.1. The standard InChI is InChI=1S/C7H6S4/c1-3-6-5-11(8,9)10-7(6)4-2/h1-2,6-7H,5H2.